The average molecular weight is 480 g/mol. The third kappa shape index (κ3) is 4.11. The molecule has 0 radical (unpaired) electrons. The molecule has 1 aliphatic carbocycles. The number of carbonyl (C=O) groups excluding carboxylic acids is 1. The lowest BCUT2D eigenvalue weighted by Crippen LogP contribution is -2.33. The number of hydrogen-bond donors (Lipinski definition) is 1. The van der Waals surface area contributed by atoms with E-state index in [1.165, 1.54) is 12.5 Å². The zero-order valence-corrected chi connectivity index (χ0v) is 20.9. The lowest BCUT2D eigenvalue weighted by atomic mass is 9.81. The number of carbonyl (C=O) groups is 2. The Labute approximate surface area is 206 Å². The summed E-state index contributed by atoms with van der Waals surface area (Å²) >= 11 is 0. The Morgan fingerprint density at radius 1 is 1.00 bits per heavy atom. The summed E-state index contributed by atoms with van der Waals surface area (Å²) in [6.45, 7) is 7.51. The monoisotopic (exact) mass is 479 g/mol. The van der Waals surface area contributed by atoms with Crippen LogP contribution in [0.3, 0.4) is 0 Å². The summed E-state index contributed by atoms with van der Waals surface area (Å²) < 4.78 is 20.8. The van der Waals surface area contributed by atoms with Crippen molar-refractivity contribution in [3.05, 3.63) is 50.8 Å². The van der Waals surface area contributed by atoms with E-state index in [9.17, 15) is 14.7 Å². The minimum atomic E-state index is -0.916. The van der Waals surface area contributed by atoms with Crippen molar-refractivity contribution in [2.75, 3.05) is 6.61 Å². The topological polar surface area (TPSA) is 66.8 Å². The maximum Gasteiger partial charge on any atom is 0.307 e. The summed E-state index contributed by atoms with van der Waals surface area (Å²) in [5, 5.41) is 9.77. The Morgan fingerprint density at radius 3 is 2.37 bits per heavy atom. The van der Waals surface area contributed by atoms with E-state index in [2.05, 4.69) is 0 Å². The first kappa shape index (κ1) is 23.8. The molecule has 0 atom stereocenters. The van der Waals surface area contributed by atoms with Crippen LogP contribution in [-0.4, -0.2) is 28.5 Å². The van der Waals surface area contributed by atoms with Crippen molar-refractivity contribution in [1.29, 1.82) is 0 Å². The Morgan fingerprint density at radius 2 is 1.69 bits per heavy atom. The molecular formula is C29H34FNO4. The molecule has 1 saturated carbocycles. The number of aliphatic carboxylic acids is 1. The van der Waals surface area contributed by atoms with Crippen LogP contribution in [0.1, 0.15) is 77.5 Å². The minimum absolute atomic E-state index is 0.0913. The molecule has 0 bridgehead atoms. The molecule has 35 heavy (non-hydrogen) atoms. The number of rotatable bonds is 4. The number of amides is 1. The molecule has 0 unspecified atom stereocenters. The standard InChI is InChI=1S/C29H34FNO4/c1-16-20-10-7-11-35-28(20)25(30)12-21(16)27-18(3)24-15-31(29(34)19-8-5-4-6-9-19)14-23(24)17(2)22(27)13-26(32)33/h12,19H,4-11,13-15H2,1-3H3,(H,32,33). The molecule has 2 aliphatic heterocycles. The van der Waals surface area contributed by atoms with Crippen LogP contribution >= 0.6 is 0 Å². The van der Waals surface area contributed by atoms with Gasteiger partial charge in [0.2, 0.25) is 5.91 Å². The summed E-state index contributed by atoms with van der Waals surface area (Å²) in [5.41, 5.74) is 8.11. The van der Waals surface area contributed by atoms with Crippen molar-refractivity contribution in [2.45, 2.75) is 85.2 Å². The Hall–Kier alpha value is -2.89. The van der Waals surface area contributed by atoms with Gasteiger partial charge in [-0.05, 0) is 97.0 Å². The molecule has 5 nitrogen and oxygen atoms in total. The number of hydrogen-bond acceptors (Lipinski definition) is 3. The lowest BCUT2D eigenvalue weighted by Gasteiger charge is -2.26. The van der Waals surface area contributed by atoms with Gasteiger partial charge in [-0.15, -0.1) is 0 Å². The summed E-state index contributed by atoms with van der Waals surface area (Å²) in [6.07, 6.45) is 6.76. The van der Waals surface area contributed by atoms with E-state index >= 15 is 4.39 Å². The van der Waals surface area contributed by atoms with E-state index in [0.29, 0.717) is 25.4 Å². The first-order chi connectivity index (χ1) is 16.8. The Balaban J connectivity index is 1.63. The summed E-state index contributed by atoms with van der Waals surface area (Å²) in [5.74, 6) is -0.672. The zero-order chi connectivity index (χ0) is 24.9. The van der Waals surface area contributed by atoms with Gasteiger partial charge in [0.15, 0.2) is 11.6 Å². The van der Waals surface area contributed by atoms with Gasteiger partial charge in [-0.25, -0.2) is 4.39 Å². The summed E-state index contributed by atoms with van der Waals surface area (Å²) in [7, 11) is 0. The van der Waals surface area contributed by atoms with Crippen molar-refractivity contribution in [3.8, 4) is 16.9 Å². The first-order valence-corrected chi connectivity index (χ1v) is 12.9. The molecule has 1 amide bonds. The molecule has 1 N–H and O–H groups in total. The average Bonchev–Trinajstić information content (AvgIpc) is 3.31. The molecule has 2 aromatic rings. The molecule has 186 valence electrons. The van der Waals surface area contributed by atoms with Gasteiger partial charge >= 0.3 is 5.97 Å². The molecule has 2 heterocycles. The second-order valence-electron chi connectivity index (χ2n) is 10.5. The molecule has 5 rings (SSSR count). The van der Waals surface area contributed by atoms with Crippen molar-refractivity contribution in [2.24, 2.45) is 5.92 Å². The predicted molar refractivity (Wildman–Crippen MR) is 132 cm³/mol. The van der Waals surface area contributed by atoms with Crippen LogP contribution in [0.2, 0.25) is 0 Å². The smallest absolute Gasteiger partial charge is 0.307 e. The van der Waals surface area contributed by atoms with Crippen LogP contribution in [0.25, 0.3) is 11.1 Å². The maximum absolute atomic E-state index is 15.2. The normalized spacial score (nSPS) is 17.7. The highest BCUT2D eigenvalue weighted by molar-refractivity contribution is 5.85. The van der Waals surface area contributed by atoms with Gasteiger partial charge < -0.3 is 14.7 Å². The number of fused-ring (bicyclic) bond motifs is 2. The molecule has 0 spiro atoms. The molecule has 3 aliphatic rings. The van der Waals surface area contributed by atoms with E-state index in [1.54, 1.807) is 0 Å². The van der Waals surface area contributed by atoms with Gasteiger partial charge in [0.25, 0.3) is 0 Å². The van der Waals surface area contributed by atoms with Crippen LogP contribution in [0.15, 0.2) is 6.07 Å². The van der Waals surface area contributed by atoms with Gasteiger partial charge in [0.1, 0.15) is 0 Å². The highest BCUT2D eigenvalue weighted by atomic mass is 19.1. The van der Waals surface area contributed by atoms with E-state index in [-0.39, 0.29) is 18.2 Å². The predicted octanol–water partition coefficient (Wildman–Crippen LogP) is 5.79. The highest BCUT2D eigenvalue weighted by Gasteiger charge is 2.34. The summed E-state index contributed by atoms with van der Waals surface area (Å²) in [6, 6.07) is 1.51. The fourth-order valence-electron chi connectivity index (χ4n) is 6.48. The van der Waals surface area contributed by atoms with Crippen LogP contribution < -0.4 is 4.74 Å². The number of carboxylic acids is 1. The van der Waals surface area contributed by atoms with E-state index in [1.807, 2.05) is 25.7 Å². The fraction of sp³-hybridized carbons (Fsp3) is 0.517. The van der Waals surface area contributed by atoms with Crippen LogP contribution in [0.4, 0.5) is 4.39 Å². The van der Waals surface area contributed by atoms with Gasteiger partial charge in [-0.1, -0.05) is 19.3 Å². The quantitative estimate of drug-likeness (QED) is 0.603. The van der Waals surface area contributed by atoms with Crippen molar-refractivity contribution < 1.29 is 23.8 Å². The number of ether oxygens (including phenoxy) is 1. The van der Waals surface area contributed by atoms with Crippen molar-refractivity contribution >= 4 is 11.9 Å². The second-order valence-corrected chi connectivity index (χ2v) is 10.5. The third-order valence-corrected chi connectivity index (χ3v) is 8.40. The maximum atomic E-state index is 15.2. The van der Waals surface area contributed by atoms with Crippen LogP contribution in [0.5, 0.6) is 5.75 Å². The van der Waals surface area contributed by atoms with Crippen molar-refractivity contribution in [1.82, 2.24) is 4.90 Å². The van der Waals surface area contributed by atoms with Gasteiger partial charge in [0, 0.05) is 24.6 Å². The minimum Gasteiger partial charge on any atom is -0.490 e. The molecule has 0 aromatic heterocycles. The highest BCUT2D eigenvalue weighted by Crippen LogP contribution is 2.44. The van der Waals surface area contributed by atoms with E-state index in [0.717, 1.165) is 88.6 Å². The van der Waals surface area contributed by atoms with Crippen LogP contribution in [-0.2, 0) is 35.5 Å². The molecule has 0 saturated heterocycles. The van der Waals surface area contributed by atoms with E-state index in [4.69, 9.17) is 4.74 Å². The van der Waals surface area contributed by atoms with Gasteiger partial charge in [-0.3, -0.25) is 9.59 Å². The molecular weight excluding hydrogens is 445 g/mol. The van der Waals surface area contributed by atoms with Crippen molar-refractivity contribution in [3.63, 3.8) is 0 Å². The largest absolute Gasteiger partial charge is 0.490 e. The summed E-state index contributed by atoms with van der Waals surface area (Å²) in [4.78, 5) is 27.2. The Kier molecular flexibility index (Phi) is 6.32. The SMILES string of the molecule is Cc1c(-c2c(C)c3c(c(C)c2CC(=O)O)CN(C(=O)C2CCCCC2)C3)cc(F)c2c1CCCO2. The zero-order valence-electron chi connectivity index (χ0n) is 20.9. The van der Waals surface area contributed by atoms with Gasteiger partial charge in [-0.2, -0.15) is 0 Å². The van der Waals surface area contributed by atoms with Crippen LogP contribution in [0, 0.1) is 32.5 Å². The number of nitrogens with zero attached hydrogens (tertiary/aromatic N) is 1. The van der Waals surface area contributed by atoms with E-state index < -0.39 is 11.8 Å². The second kappa shape index (κ2) is 9.29. The number of benzene rings is 2. The number of halogens is 1. The number of carboxylic acid groups (broad SMARTS) is 1. The fourth-order valence-corrected chi connectivity index (χ4v) is 6.48. The molecule has 6 heteroatoms. The first-order valence-electron chi connectivity index (χ1n) is 12.9. The third-order valence-electron chi connectivity index (χ3n) is 8.40. The molecule has 1 fully saturated rings. The molecule has 2 aromatic carbocycles. The Bertz CT molecular complexity index is 1210. The lowest BCUT2D eigenvalue weighted by molar-refractivity contribution is -0.137. The van der Waals surface area contributed by atoms with Gasteiger partial charge in [0.05, 0.1) is 13.0 Å².